The predicted octanol–water partition coefficient (Wildman–Crippen LogP) is 1.57. The van der Waals surface area contributed by atoms with Crippen LogP contribution in [0.4, 0.5) is 0 Å². The summed E-state index contributed by atoms with van der Waals surface area (Å²) >= 11 is 2.13. The van der Waals surface area contributed by atoms with Gasteiger partial charge in [0.25, 0.3) is 0 Å². The zero-order chi connectivity index (χ0) is 9.80. The Morgan fingerprint density at radius 2 is 2.14 bits per heavy atom. The van der Waals surface area contributed by atoms with Crippen LogP contribution in [0.5, 0.6) is 0 Å². The predicted molar refractivity (Wildman–Crippen MR) is 64.0 cm³/mol. The molecule has 1 unspecified atom stereocenters. The third-order valence-electron chi connectivity index (χ3n) is 3.49. The van der Waals surface area contributed by atoms with E-state index in [-0.39, 0.29) is 0 Å². The van der Waals surface area contributed by atoms with Gasteiger partial charge in [-0.2, -0.15) is 11.8 Å². The first-order valence-corrected chi connectivity index (χ1v) is 7.11. The first kappa shape index (κ1) is 10.8. The van der Waals surface area contributed by atoms with E-state index in [1.54, 1.807) is 0 Å². The third-order valence-corrected chi connectivity index (χ3v) is 4.54. The molecule has 2 nitrogen and oxygen atoms in total. The highest BCUT2D eigenvalue weighted by Crippen LogP contribution is 2.22. The number of thioether (sulfide) groups is 1. The van der Waals surface area contributed by atoms with Crippen LogP contribution in [-0.2, 0) is 0 Å². The second-order valence-corrected chi connectivity index (χ2v) is 5.62. The largest absolute Gasteiger partial charge is 0.311 e. The summed E-state index contributed by atoms with van der Waals surface area (Å²) in [4.78, 5) is 2.73. The average Bonchev–Trinajstić information content (AvgIpc) is 2.30. The van der Waals surface area contributed by atoms with E-state index in [9.17, 15) is 0 Å². The Balaban J connectivity index is 1.83. The maximum absolute atomic E-state index is 3.59. The van der Waals surface area contributed by atoms with E-state index in [2.05, 4.69) is 28.9 Å². The Morgan fingerprint density at radius 1 is 1.36 bits per heavy atom. The monoisotopic (exact) mass is 214 g/mol. The molecule has 0 aromatic heterocycles. The van der Waals surface area contributed by atoms with Crippen molar-refractivity contribution in [1.82, 2.24) is 10.2 Å². The molecule has 2 heterocycles. The quantitative estimate of drug-likeness (QED) is 0.751. The number of nitrogens with one attached hydrogen (secondary N) is 1. The molecule has 0 aromatic rings. The van der Waals surface area contributed by atoms with Crippen molar-refractivity contribution < 1.29 is 0 Å². The second-order valence-electron chi connectivity index (χ2n) is 4.40. The molecule has 2 rings (SSSR count). The van der Waals surface area contributed by atoms with Gasteiger partial charge in [0.2, 0.25) is 0 Å². The van der Waals surface area contributed by atoms with Crippen LogP contribution in [0.25, 0.3) is 0 Å². The molecular formula is C11H22N2S. The average molecular weight is 214 g/mol. The van der Waals surface area contributed by atoms with Crippen molar-refractivity contribution in [2.45, 2.75) is 38.3 Å². The van der Waals surface area contributed by atoms with Gasteiger partial charge in [0, 0.05) is 31.7 Å². The second kappa shape index (κ2) is 5.38. The summed E-state index contributed by atoms with van der Waals surface area (Å²) in [5.74, 6) is 2.76. The molecule has 1 atom stereocenters. The van der Waals surface area contributed by atoms with E-state index in [0.29, 0.717) is 0 Å². The van der Waals surface area contributed by atoms with Gasteiger partial charge in [0.15, 0.2) is 0 Å². The molecule has 82 valence electrons. The standard InChI is InChI=1S/C11H22N2S/c1-2-10-9-13(6-5-12-10)11-3-7-14-8-4-11/h10-12H,2-9H2,1H3. The lowest BCUT2D eigenvalue weighted by Gasteiger charge is -2.40. The van der Waals surface area contributed by atoms with Crippen LogP contribution in [0.1, 0.15) is 26.2 Å². The summed E-state index contributed by atoms with van der Waals surface area (Å²) in [6.07, 6.45) is 4.11. The number of hydrogen-bond acceptors (Lipinski definition) is 3. The van der Waals surface area contributed by atoms with Crippen molar-refractivity contribution in [3.8, 4) is 0 Å². The van der Waals surface area contributed by atoms with E-state index >= 15 is 0 Å². The van der Waals surface area contributed by atoms with Gasteiger partial charge in [-0.05, 0) is 30.8 Å². The number of piperazine rings is 1. The van der Waals surface area contributed by atoms with E-state index in [4.69, 9.17) is 0 Å². The van der Waals surface area contributed by atoms with Crippen LogP contribution in [-0.4, -0.2) is 48.1 Å². The minimum atomic E-state index is 0.748. The SMILES string of the molecule is CCC1CN(C2CCSCC2)CCN1. The van der Waals surface area contributed by atoms with Gasteiger partial charge in [-0.3, -0.25) is 4.90 Å². The minimum Gasteiger partial charge on any atom is -0.311 e. The van der Waals surface area contributed by atoms with E-state index in [0.717, 1.165) is 12.1 Å². The van der Waals surface area contributed by atoms with Gasteiger partial charge in [-0.25, -0.2) is 0 Å². The highest BCUT2D eigenvalue weighted by Gasteiger charge is 2.25. The van der Waals surface area contributed by atoms with Crippen molar-refractivity contribution in [2.24, 2.45) is 0 Å². The zero-order valence-corrected chi connectivity index (χ0v) is 9.98. The maximum atomic E-state index is 3.59. The molecule has 2 aliphatic rings. The summed E-state index contributed by atoms with van der Waals surface area (Å²) in [7, 11) is 0. The molecule has 14 heavy (non-hydrogen) atoms. The molecule has 0 spiro atoms. The molecule has 0 aliphatic carbocycles. The first-order valence-electron chi connectivity index (χ1n) is 5.95. The van der Waals surface area contributed by atoms with E-state index in [1.807, 2.05) is 0 Å². The Kier molecular flexibility index (Phi) is 4.14. The maximum Gasteiger partial charge on any atom is 0.0193 e. The van der Waals surface area contributed by atoms with Crippen molar-refractivity contribution in [3.05, 3.63) is 0 Å². The summed E-state index contributed by atoms with van der Waals surface area (Å²) in [6, 6.07) is 1.64. The summed E-state index contributed by atoms with van der Waals surface area (Å²) in [5, 5.41) is 3.59. The fourth-order valence-corrected chi connectivity index (χ4v) is 3.59. The third kappa shape index (κ3) is 2.65. The van der Waals surface area contributed by atoms with Crippen LogP contribution in [0.2, 0.25) is 0 Å². The molecule has 2 aliphatic heterocycles. The van der Waals surface area contributed by atoms with Gasteiger partial charge in [-0.1, -0.05) is 6.92 Å². The van der Waals surface area contributed by atoms with Crippen LogP contribution >= 0.6 is 11.8 Å². The fourth-order valence-electron chi connectivity index (χ4n) is 2.51. The lowest BCUT2D eigenvalue weighted by molar-refractivity contribution is 0.134. The summed E-state index contributed by atoms with van der Waals surface area (Å²) in [6.45, 7) is 6.04. The highest BCUT2D eigenvalue weighted by atomic mass is 32.2. The Bertz CT molecular complexity index is 169. The van der Waals surface area contributed by atoms with Crippen LogP contribution in [0.15, 0.2) is 0 Å². The van der Waals surface area contributed by atoms with Crippen molar-refractivity contribution >= 4 is 11.8 Å². The molecule has 2 fully saturated rings. The first-order chi connectivity index (χ1) is 6.90. The number of hydrogen-bond donors (Lipinski definition) is 1. The molecular weight excluding hydrogens is 192 g/mol. The van der Waals surface area contributed by atoms with E-state index in [1.165, 1.54) is 50.4 Å². The Labute approximate surface area is 91.8 Å². The van der Waals surface area contributed by atoms with Crippen molar-refractivity contribution in [1.29, 1.82) is 0 Å². The minimum absolute atomic E-state index is 0.748. The van der Waals surface area contributed by atoms with Crippen LogP contribution < -0.4 is 5.32 Å². The lowest BCUT2D eigenvalue weighted by Crippen LogP contribution is -2.54. The van der Waals surface area contributed by atoms with Gasteiger partial charge < -0.3 is 5.32 Å². The fraction of sp³-hybridized carbons (Fsp3) is 1.00. The van der Waals surface area contributed by atoms with Gasteiger partial charge in [-0.15, -0.1) is 0 Å². The van der Waals surface area contributed by atoms with Crippen LogP contribution in [0.3, 0.4) is 0 Å². The van der Waals surface area contributed by atoms with Crippen molar-refractivity contribution in [3.63, 3.8) is 0 Å². The lowest BCUT2D eigenvalue weighted by atomic mass is 10.1. The molecule has 3 heteroatoms. The molecule has 2 saturated heterocycles. The Morgan fingerprint density at radius 3 is 2.86 bits per heavy atom. The van der Waals surface area contributed by atoms with Crippen molar-refractivity contribution in [2.75, 3.05) is 31.1 Å². The molecule has 0 saturated carbocycles. The molecule has 0 aromatic carbocycles. The molecule has 1 N–H and O–H groups in total. The van der Waals surface area contributed by atoms with E-state index < -0.39 is 0 Å². The number of rotatable bonds is 2. The molecule has 0 radical (unpaired) electrons. The highest BCUT2D eigenvalue weighted by molar-refractivity contribution is 7.99. The summed E-state index contributed by atoms with van der Waals surface area (Å²) in [5.41, 5.74) is 0. The van der Waals surface area contributed by atoms with Gasteiger partial charge in [0.1, 0.15) is 0 Å². The number of nitrogens with zero attached hydrogens (tertiary/aromatic N) is 1. The van der Waals surface area contributed by atoms with Gasteiger partial charge >= 0.3 is 0 Å². The summed E-state index contributed by atoms with van der Waals surface area (Å²) < 4.78 is 0. The smallest absolute Gasteiger partial charge is 0.0193 e. The topological polar surface area (TPSA) is 15.3 Å². The van der Waals surface area contributed by atoms with Crippen LogP contribution in [0, 0.1) is 0 Å². The molecule has 0 bridgehead atoms. The van der Waals surface area contributed by atoms with Gasteiger partial charge in [0.05, 0.1) is 0 Å². The molecule has 0 amide bonds. The zero-order valence-electron chi connectivity index (χ0n) is 9.17. The normalized spacial score (nSPS) is 31.9. The Hall–Kier alpha value is 0.270.